The molecule has 3 heterocycles. The second-order valence-corrected chi connectivity index (χ2v) is 7.68. The molecule has 6 nitrogen and oxygen atoms in total. The van der Waals surface area contributed by atoms with E-state index in [0.717, 1.165) is 36.8 Å². The van der Waals surface area contributed by atoms with E-state index in [1.54, 1.807) is 0 Å². The minimum absolute atomic E-state index is 0.0518. The first-order valence-corrected chi connectivity index (χ1v) is 9.30. The average Bonchev–Trinajstić information content (AvgIpc) is 3.14. The van der Waals surface area contributed by atoms with Crippen LogP contribution in [0.2, 0.25) is 0 Å². The molecule has 6 heteroatoms. The van der Waals surface area contributed by atoms with Crippen molar-refractivity contribution in [3.63, 3.8) is 0 Å². The van der Waals surface area contributed by atoms with Crippen molar-refractivity contribution in [2.24, 2.45) is 17.8 Å². The fourth-order valence-electron chi connectivity index (χ4n) is 4.69. The number of rotatable bonds is 5. The summed E-state index contributed by atoms with van der Waals surface area (Å²) >= 11 is 0. The monoisotopic (exact) mass is 332 g/mol. The van der Waals surface area contributed by atoms with Crippen molar-refractivity contribution < 1.29 is 9.84 Å². The Hall–Kier alpha value is -1.24. The minimum Gasteiger partial charge on any atom is -0.390 e. The third kappa shape index (κ3) is 3.71. The molecule has 3 aliphatic rings. The highest BCUT2D eigenvalue weighted by atomic mass is 16.5. The standard InChI is InChI=1S/C18H28N4O2/c23-12-16-1-2-18(21-20-16)19-17-7-14-10-22(11-15(14)8-17)9-13-3-5-24-6-4-13/h1-2,13-15,17,23H,3-12H2,(H,19,21)/t14-,15?,17+/m1/s1. The summed E-state index contributed by atoms with van der Waals surface area (Å²) in [5.41, 5.74) is 0.618. The van der Waals surface area contributed by atoms with Crippen LogP contribution in [0.3, 0.4) is 0 Å². The van der Waals surface area contributed by atoms with E-state index in [1.807, 2.05) is 12.1 Å². The summed E-state index contributed by atoms with van der Waals surface area (Å²) in [7, 11) is 0. The lowest BCUT2D eigenvalue weighted by Crippen LogP contribution is -2.32. The number of fused-ring (bicyclic) bond motifs is 1. The summed E-state index contributed by atoms with van der Waals surface area (Å²) in [6.45, 7) is 5.64. The number of nitrogens with one attached hydrogen (secondary N) is 1. The van der Waals surface area contributed by atoms with Crippen LogP contribution in [0.15, 0.2) is 12.1 Å². The lowest BCUT2D eigenvalue weighted by molar-refractivity contribution is 0.0545. The highest BCUT2D eigenvalue weighted by Crippen LogP contribution is 2.39. The Labute approximate surface area is 143 Å². The molecule has 0 bridgehead atoms. The molecular formula is C18H28N4O2. The second-order valence-electron chi connectivity index (χ2n) is 7.68. The summed E-state index contributed by atoms with van der Waals surface area (Å²) in [6, 6.07) is 4.27. The maximum atomic E-state index is 9.03. The van der Waals surface area contributed by atoms with Gasteiger partial charge in [0.15, 0.2) is 0 Å². The molecule has 0 aromatic carbocycles. The Morgan fingerprint density at radius 1 is 1.12 bits per heavy atom. The molecule has 1 aliphatic carbocycles. The molecule has 1 aromatic rings. The molecule has 3 fully saturated rings. The fraction of sp³-hybridized carbons (Fsp3) is 0.778. The van der Waals surface area contributed by atoms with Crippen molar-refractivity contribution in [3.05, 3.63) is 17.8 Å². The van der Waals surface area contributed by atoms with Gasteiger partial charge in [-0.3, -0.25) is 0 Å². The number of hydrogen-bond donors (Lipinski definition) is 2. The number of nitrogens with zero attached hydrogens (tertiary/aromatic N) is 3. The van der Waals surface area contributed by atoms with Crippen molar-refractivity contribution in [2.75, 3.05) is 38.2 Å². The number of hydrogen-bond acceptors (Lipinski definition) is 6. The van der Waals surface area contributed by atoms with Gasteiger partial charge in [-0.05, 0) is 55.6 Å². The number of aliphatic hydroxyl groups is 1. The molecule has 2 saturated heterocycles. The van der Waals surface area contributed by atoms with Crippen LogP contribution >= 0.6 is 0 Å². The number of aliphatic hydroxyl groups excluding tert-OH is 1. The van der Waals surface area contributed by atoms with Crippen LogP contribution in [0.1, 0.15) is 31.4 Å². The van der Waals surface area contributed by atoms with Gasteiger partial charge in [0.1, 0.15) is 5.82 Å². The molecule has 132 valence electrons. The maximum Gasteiger partial charge on any atom is 0.148 e. The fourth-order valence-corrected chi connectivity index (χ4v) is 4.69. The Morgan fingerprint density at radius 3 is 2.50 bits per heavy atom. The van der Waals surface area contributed by atoms with Crippen molar-refractivity contribution in [1.82, 2.24) is 15.1 Å². The maximum absolute atomic E-state index is 9.03. The molecule has 3 atom stereocenters. The molecule has 1 aromatic heterocycles. The van der Waals surface area contributed by atoms with E-state index in [0.29, 0.717) is 11.7 Å². The van der Waals surface area contributed by atoms with E-state index in [-0.39, 0.29) is 6.61 Å². The Bertz CT molecular complexity index is 518. The third-order valence-corrected chi connectivity index (χ3v) is 5.92. The van der Waals surface area contributed by atoms with Crippen LogP contribution in [0.5, 0.6) is 0 Å². The molecule has 0 spiro atoms. The molecule has 4 rings (SSSR count). The van der Waals surface area contributed by atoms with Crippen molar-refractivity contribution in [3.8, 4) is 0 Å². The zero-order valence-electron chi connectivity index (χ0n) is 14.2. The minimum atomic E-state index is -0.0518. The van der Waals surface area contributed by atoms with Crippen molar-refractivity contribution in [2.45, 2.75) is 38.3 Å². The summed E-state index contributed by atoms with van der Waals surface area (Å²) in [6.07, 6.45) is 4.94. The number of anilines is 1. The van der Waals surface area contributed by atoms with Crippen LogP contribution in [0.25, 0.3) is 0 Å². The van der Waals surface area contributed by atoms with Crippen LogP contribution in [0, 0.1) is 17.8 Å². The Balaban J connectivity index is 1.24. The lowest BCUT2D eigenvalue weighted by Gasteiger charge is -2.27. The first kappa shape index (κ1) is 16.2. The van der Waals surface area contributed by atoms with E-state index >= 15 is 0 Å². The van der Waals surface area contributed by atoms with Gasteiger partial charge >= 0.3 is 0 Å². The van der Waals surface area contributed by atoms with Gasteiger partial charge < -0.3 is 20.1 Å². The number of likely N-dealkylation sites (tertiary alicyclic amines) is 1. The van der Waals surface area contributed by atoms with E-state index in [4.69, 9.17) is 9.84 Å². The Kier molecular flexibility index (Phi) is 4.96. The second kappa shape index (κ2) is 7.33. The summed E-state index contributed by atoms with van der Waals surface area (Å²) in [5, 5.41) is 20.7. The van der Waals surface area contributed by atoms with Gasteiger partial charge in [-0.15, -0.1) is 5.10 Å². The quantitative estimate of drug-likeness (QED) is 0.852. The topological polar surface area (TPSA) is 70.5 Å². The van der Waals surface area contributed by atoms with Crippen molar-refractivity contribution in [1.29, 1.82) is 0 Å². The predicted molar refractivity (Wildman–Crippen MR) is 91.6 cm³/mol. The van der Waals surface area contributed by atoms with Crippen LogP contribution in [-0.4, -0.2) is 59.1 Å². The summed E-state index contributed by atoms with van der Waals surface area (Å²) in [5.74, 6) is 3.32. The smallest absolute Gasteiger partial charge is 0.148 e. The molecule has 24 heavy (non-hydrogen) atoms. The van der Waals surface area contributed by atoms with Crippen molar-refractivity contribution >= 4 is 5.82 Å². The molecule has 0 radical (unpaired) electrons. The molecule has 0 amide bonds. The van der Waals surface area contributed by atoms with Crippen LogP contribution < -0.4 is 5.32 Å². The molecule has 2 aliphatic heterocycles. The number of aromatic nitrogens is 2. The van der Waals surface area contributed by atoms with Crippen LogP contribution in [-0.2, 0) is 11.3 Å². The first-order valence-electron chi connectivity index (χ1n) is 9.30. The lowest BCUT2D eigenvalue weighted by atomic mass is 10.00. The van der Waals surface area contributed by atoms with Gasteiger partial charge in [-0.2, -0.15) is 5.10 Å². The van der Waals surface area contributed by atoms with Gasteiger partial charge in [0.25, 0.3) is 0 Å². The zero-order valence-corrected chi connectivity index (χ0v) is 14.2. The predicted octanol–water partition coefficient (Wildman–Crippen LogP) is 1.52. The van der Waals surface area contributed by atoms with E-state index in [9.17, 15) is 0 Å². The normalized spacial score (nSPS) is 31.3. The van der Waals surface area contributed by atoms with Gasteiger partial charge in [0, 0.05) is 38.9 Å². The third-order valence-electron chi connectivity index (χ3n) is 5.92. The van der Waals surface area contributed by atoms with E-state index in [1.165, 1.54) is 45.3 Å². The summed E-state index contributed by atoms with van der Waals surface area (Å²) in [4.78, 5) is 2.69. The van der Waals surface area contributed by atoms with Crippen LogP contribution in [0.4, 0.5) is 5.82 Å². The number of ether oxygens (including phenoxy) is 1. The van der Waals surface area contributed by atoms with Gasteiger partial charge in [0.05, 0.1) is 12.3 Å². The molecule has 1 unspecified atom stereocenters. The highest BCUT2D eigenvalue weighted by Gasteiger charge is 2.41. The molecule has 1 saturated carbocycles. The average molecular weight is 332 g/mol. The Morgan fingerprint density at radius 2 is 1.88 bits per heavy atom. The zero-order chi connectivity index (χ0) is 16.4. The van der Waals surface area contributed by atoms with Gasteiger partial charge in [-0.1, -0.05) is 0 Å². The highest BCUT2D eigenvalue weighted by molar-refractivity contribution is 5.34. The largest absolute Gasteiger partial charge is 0.390 e. The van der Waals surface area contributed by atoms with E-state index in [2.05, 4.69) is 20.4 Å². The molecule has 2 N–H and O–H groups in total. The first-order chi connectivity index (χ1) is 11.8. The van der Waals surface area contributed by atoms with Gasteiger partial charge in [0.2, 0.25) is 0 Å². The van der Waals surface area contributed by atoms with Gasteiger partial charge in [-0.25, -0.2) is 0 Å². The SMILES string of the molecule is OCc1ccc(N[C@@H]2CC3CN(CC4CCOCC4)C[C@H]3C2)nn1. The molecular weight excluding hydrogens is 304 g/mol. The van der Waals surface area contributed by atoms with E-state index < -0.39 is 0 Å². The summed E-state index contributed by atoms with van der Waals surface area (Å²) < 4.78 is 5.47.